The summed E-state index contributed by atoms with van der Waals surface area (Å²) < 4.78 is 0.561. The summed E-state index contributed by atoms with van der Waals surface area (Å²) in [6.07, 6.45) is 2.27. The molecule has 0 aliphatic carbocycles. The summed E-state index contributed by atoms with van der Waals surface area (Å²) in [5.74, 6) is 0.596. The third-order valence-electron chi connectivity index (χ3n) is 2.11. The molecule has 2 atom stereocenters. The van der Waals surface area contributed by atoms with Crippen molar-refractivity contribution in [2.45, 2.75) is 31.7 Å². The highest BCUT2D eigenvalue weighted by atomic mass is 127. The minimum absolute atomic E-state index is 0.00751. The Bertz CT molecular complexity index is 380. The van der Waals surface area contributed by atoms with Crippen LogP contribution in [0.2, 0.25) is 0 Å². The fourth-order valence-electron chi connectivity index (χ4n) is 1.20. The Morgan fingerprint density at radius 3 is 2.93 bits per heavy atom. The Labute approximate surface area is 107 Å². The van der Waals surface area contributed by atoms with E-state index in [9.17, 15) is 4.79 Å². The molecule has 15 heavy (non-hydrogen) atoms. The third-order valence-corrected chi connectivity index (χ3v) is 3.42. The molecule has 1 aromatic rings. The molecule has 0 radical (unpaired) electrons. The molecule has 0 fully saturated rings. The van der Waals surface area contributed by atoms with Crippen molar-refractivity contribution < 1.29 is 0 Å². The Morgan fingerprint density at radius 2 is 2.40 bits per heavy atom. The SMILES string of the molecule is CCC(Nc1nc[nH]c(=O)c1I)C(C)Cl. The molecule has 0 aliphatic heterocycles. The monoisotopic (exact) mass is 341 g/mol. The van der Waals surface area contributed by atoms with Crippen molar-refractivity contribution in [3.8, 4) is 0 Å². The van der Waals surface area contributed by atoms with Gasteiger partial charge in [-0.05, 0) is 35.9 Å². The lowest BCUT2D eigenvalue weighted by atomic mass is 10.1. The number of anilines is 1. The zero-order valence-electron chi connectivity index (χ0n) is 8.55. The highest BCUT2D eigenvalue weighted by Crippen LogP contribution is 2.15. The molecule has 84 valence electrons. The Kier molecular flexibility index (Phi) is 4.85. The number of nitrogens with one attached hydrogen (secondary N) is 2. The van der Waals surface area contributed by atoms with Crippen LogP contribution in [0.5, 0.6) is 0 Å². The fourth-order valence-corrected chi connectivity index (χ4v) is 1.89. The van der Waals surface area contributed by atoms with Gasteiger partial charge in [0.2, 0.25) is 0 Å². The summed E-state index contributed by atoms with van der Waals surface area (Å²) in [6.45, 7) is 3.96. The minimum atomic E-state index is -0.134. The van der Waals surface area contributed by atoms with Crippen molar-refractivity contribution in [1.29, 1.82) is 0 Å². The summed E-state index contributed by atoms with van der Waals surface area (Å²) in [5.41, 5.74) is -0.134. The van der Waals surface area contributed by atoms with Gasteiger partial charge in [0.05, 0.1) is 11.7 Å². The number of nitrogens with zero attached hydrogens (tertiary/aromatic N) is 1. The molecule has 6 heteroatoms. The Morgan fingerprint density at radius 1 is 1.73 bits per heavy atom. The summed E-state index contributed by atoms with van der Waals surface area (Å²) in [6, 6.07) is 0.120. The molecule has 0 spiro atoms. The molecule has 0 aliphatic rings. The van der Waals surface area contributed by atoms with Gasteiger partial charge in [0.25, 0.3) is 5.56 Å². The van der Waals surface area contributed by atoms with Crippen LogP contribution in [0, 0.1) is 3.57 Å². The van der Waals surface area contributed by atoms with Gasteiger partial charge < -0.3 is 10.3 Å². The van der Waals surface area contributed by atoms with E-state index in [-0.39, 0.29) is 17.0 Å². The van der Waals surface area contributed by atoms with Gasteiger partial charge in [0, 0.05) is 6.04 Å². The van der Waals surface area contributed by atoms with Crippen LogP contribution in [0.15, 0.2) is 11.1 Å². The van der Waals surface area contributed by atoms with E-state index in [1.54, 1.807) is 0 Å². The lowest BCUT2D eigenvalue weighted by Crippen LogP contribution is -2.29. The molecule has 0 saturated carbocycles. The topological polar surface area (TPSA) is 57.8 Å². The van der Waals surface area contributed by atoms with Crippen LogP contribution < -0.4 is 10.9 Å². The van der Waals surface area contributed by atoms with Gasteiger partial charge in [-0.15, -0.1) is 11.6 Å². The van der Waals surface area contributed by atoms with Gasteiger partial charge in [-0.3, -0.25) is 4.79 Å². The van der Waals surface area contributed by atoms with Gasteiger partial charge >= 0.3 is 0 Å². The molecule has 2 unspecified atom stereocenters. The molecule has 0 saturated heterocycles. The second kappa shape index (κ2) is 5.69. The highest BCUT2D eigenvalue weighted by molar-refractivity contribution is 14.1. The highest BCUT2D eigenvalue weighted by Gasteiger charge is 2.15. The normalized spacial score (nSPS) is 14.7. The zero-order valence-corrected chi connectivity index (χ0v) is 11.5. The number of alkyl halides is 1. The Balaban J connectivity index is 2.88. The number of H-pyrrole nitrogens is 1. The largest absolute Gasteiger partial charge is 0.365 e. The van der Waals surface area contributed by atoms with Crippen LogP contribution in [0.25, 0.3) is 0 Å². The lowest BCUT2D eigenvalue weighted by molar-refractivity contribution is 0.674. The first-order chi connectivity index (χ1) is 7.06. The summed E-state index contributed by atoms with van der Waals surface area (Å²) in [4.78, 5) is 17.9. The number of hydrogen-bond donors (Lipinski definition) is 2. The van der Waals surface area contributed by atoms with Gasteiger partial charge in [-0.25, -0.2) is 4.98 Å². The van der Waals surface area contributed by atoms with Crippen molar-refractivity contribution in [2.24, 2.45) is 0 Å². The van der Waals surface area contributed by atoms with E-state index in [1.165, 1.54) is 6.33 Å². The number of rotatable bonds is 4. The minimum Gasteiger partial charge on any atom is -0.365 e. The fraction of sp³-hybridized carbons (Fsp3) is 0.556. The average Bonchev–Trinajstić information content (AvgIpc) is 2.19. The van der Waals surface area contributed by atoms with Crippen molar-refractivity contribution in [1.82, 2.24) is 9.97 Å². The predicted octanol–water partition coefficient (Wildman–Crippen LogP) is 2.19. The van der Waals surface area contributed by atoms with Gasteiger partial charge in [0.1, 0.15) is 9.39 Å². The molecule has 1 rings (SSSR count). The quantitative estimate of drug-likeness (QED) is 0.652. The number of hydrogen-bond acceptors (Lipinski definition) is 3. The van der Waals surface area contributed by atoms with Crippen molar-refractivity contribution in [2.75, 3.05) is 5.32 Å². The van der Waals surface area contributed by atoms with Crippen LogP contribution in [-0.4, -0.2) is 21.4 Å². The average molecular weight is 342 g/mol. The Hall–Kier alpha value is -0.300. The van der Waals surface area contributed by atoms with E-state index in [2.05, 4.69) is 15.3 Å². The lowest BCUT2D eigenvalue weighted by Gasteiger charge is -2.19. The van der Waals surface area contributed by atoms with E-state index in [0.717, 1.165) is 6.42 Å². The van der Waals surface area contributed by atoms with Crippen LogP contribution >= 0.6 is 34.2 Å². The maximum absolute atomic E-state index is 11.3. The molecule has 4 nitrogen and oxygen atoms in total. The van der Waals surface area contributed by atoms with Gasteiger partial charge in [-0.1, -0.05) is 6.92 Å². The van der Waals surface area contributed by atoms with Crippen molar-refractivity contribution in [3.63, 3.8) is 0 Å². The second-order valence-electron chi connectivity index (χ2n) is 3.23. The molecular weight excluding hydrogens is 328 g/mol. The summed E-state index contributed by atoms with van der Waals surface area (Å²) in [5, 5.41) is 3.16. The smallest absolute Gasteiger partial charge is 0.266 e. The first kappa shape index (κ1) is 12.8. The standard InChI is InChI=1S/C9H13ClIN3O/c1-3-6(5(2)10)14-8-7(11)9(15)13-4-12-8/h4-6H,3H2,1-2H3,(H2,12,13,14,15). The first-order valence-corrected chi connectivity index (χ1v) is 6.21. The molecule has 0 bridgehead atoms. The van der Waals surface area contributed by atoms with Crippen LogP contribution in [0.1, 0.15) is 20.3 Å². The van der Waals surface area contributed by atoms with E-state index in [1.807, 2.05) is 36.4 Å². The van der Waals surface area contributed by atoms with Gasteiger partial charge in [0.15, 0.2) is 0 Å². The zero-order chi connectivity index (χ0) is 11.4. The molecule has 1 heterocycles. The van der Waals surface area contributed by atoms with Crippen molar-refractivity contribution in [3.05, 3.63) is 20.3 Å². The van der Waals surface area contributed by atoms with E-state index in [0.29, 0.717) is 9.39 Å². The third kappa shape index (κ3) is 3.34. The molecule has 1 aromatic heterocycles. The van der Waals surface area contributed by atoms with E-state index >= 15 is 0 Å². The molecular formula is C9H13ClIN3O. The predicted molar refractivity (Wildman–Crippen MR) is 70.6 cm³/mol. The number of aromatic amines is 1. The number of halogens is 2. The van der Waals surface area contributed by atoms with Crippen LogP contribution in [0.4, 0.5) is 5.82 Å². The maximum Gasteiger partial charge on any atom is 0.266 e. The van der Waals surface area contributed by atoms with Crippen LogP contribution in [-0.2, 0) is 0 Å². The second-order valence-corrected chi connectivity index (χ2v) is 5.00. The van der Waals surface area contributed by atoms with Gasteiger partial charge in [-0.2, -0.15) is 0 Å². The van der Waals surface area contributed by atoms with Crippen LogP contribution in [0.3, 0.4) is 0 Å². The van der Waals surface area contributed by atoms with E-state index in [4.69, 9.17) is 11.6 Å². The first-order valence-electron chi connectivity index (χ1n) is 4.70. The van der Waals surface area contributed by atoms with E-state index < -0.39 is 0 Å². The molecule has 2 N–H and O–H groups in total. The maximum atomic E-state index is 11.3. The molecule has 0 amide bonds. The summed E-state index contributed by atoms with van der Waals surface area (Å²) >= 11 is 7.97. The van der Waals surface area contributed by atoms with Crippen molar-refractivity contribution >= 4 is 40.0 Å². The number of aromatic nitrogens is 2. The molecule has 0 aromatic carbocycles. The summed E-state index contributed by atoms with van der Waals surface area (Å²) in [7, 11) is 0.